The number of hydrogen-bond donors (Lipinski definition) is 0. The van der Waals surface area contributed by atoms with Crippen LogP contribution in [0.4, 0.5) is 0 Å². The Morgan fingerprint density at radius 3 is 2.49 bits per heavy atom. The maximum Gasteiger partial charge on any atom is 0.216 e. The van der Waals surface area contributed by atoms with Crippen LogP contribution in [0.3, 0.4) is 0 Å². The fourth-order valence-electron chi connectivity index (χ4n) is 5.99. The molecule has 2 unspecified atom stereocenters. The summed E-state index contributed by atoms with van der Waals surface area (Å²) in [5.41, 5.74) is -0.0656. The lowest BCUT2D eigenvalue weighted by Gasteiger charge is -2.35. The quantitative estimate of drug-likeness (QED) is 0.223. The molecule has 188 valence electrons. The van der Waals surface area contributed by atoms with Gasteiger partial charge in [-0.15, -0.1) is 0 Å². The number of fused-ring (bicyclic) bond motifs is 7. The molecule has 6 rings (SSSR count). The van der Waals surface area contributed by atoms with Crippen molar-refractivity contribution in [2.45, 2.75) is 65.8 Å². The molecule has 2 atom stereocenters. The minimum absolute atomic E-state index is 0.153. The van der Waals surface area contributed by atoms with Gasteiger partial charge >= 0.3 is 0 Å². The van der Waals surface area contributed by atoms with Crippen molar-refractivity contribution < 1.29 is 32.3 Å². The van der Waals surface area contributed by atoms with Crippen LogP contribution in [-0.2, 0) is 12.5 Å². The highest BCUT2D eigenvalue weighted by molar-refractivity contribution is 6.14. The number of nitrogens with zero attached hydrogens (tertiary/aromatic N) is 1. The lowest BCUT2D eigenvalue weighted by atomic mass is 9.68. The van der Waals surface area contributed by atoms with Crippen LogP contribution in [-0.4, -0.2) is 0 Å². The smallest absolute Gasteiger partial charge is 0.216 e. The second kappa shape index (κ2) is 8.31. The molecule has 0 N–H and O–H groups in total. The van der Waals surface area contributed by atoms with E-state index in [1.807, 2.05) is 0 Å². The molecule has 0 bridgehead atoms. The predicted molar refractivity (Wildman–Crippen MR) is 155 cm³/mol. The summed E-state index contributed by atoms with van der Waals surface area (Å²) >= 11 is 0. The van der Waals surface area contributed by atoms with Crippen LogP contribution in [0.25, 0.3) is 44.3 Å². The first-order valence-electron chi connectivity index (χ1n) is 20.6. The van der Waals surface area contributed by atoms with Crippen molar-refractivity contribution in [3.05, 3.63) is 88.6 Å². The molecule has 2 heterocycles. The second-order valence-corrected chi connectivity index (χ2v) is 9.83. The summed E-state index contributed by atoms with van der Waals surface area (Å²) in [6.07, 6.45) is 0.454. The molecule has 0 amide bonds. The summed E-state index contributed by atoms with van der Waals surface area (Å²) in [7, 11) is 1.51. The van der Waals surface area contributed by atoms with E-state index < -0.39 is 69.0 Å². The van der Waals surface area contributed by atoms with E-state index in [4.69, 9.17) is 26.3 Å². The topological polar surface area (TPSA) is 17.0 Å². The highest BCUT2D eigenvalue weighted by Crippen LogP contribution is 2.57. The van der Waals surface area contributed by atoms with Gasteiger partial charge in [0, 0.05) is 56.7 Å². The number of aromatic nitrogens is 1. The highest BCUT2D eigenvalue weighted by Gasteiger charge is 2.45. The van der Waals surface area contributed by atoms with Crippen molar-refractivity contribution in [1.29, 1.82) is 0 Å². The van der Waals surface area contributed by atoms with Gasteiger partial charge in [-0.3, -0.25) is 0 Å². The number of hydrogen-bond acceptors (Lipinski definition) is 1. The molecular formula is C35H38NO+. The number of pyridine rings is 1. The molecule has 3 aromatic carbocycles. The number of aryl methyl sites for hydroxylation is 3. The Kier molecular flexibility index (Phi) is 2.60. The van der Waals surface area contributed by atoms with E-state index in [1.54, 1.807) is 55.5 Å². The predicted octanol–water partition coefficient (Wildman–Crippen LogP) is 9.15. The number of benzene rings is 3. The number of rotatable bonds is 4. The first-order chi connectivity index (χ1) is 24.4. The highest BCUT2D eigenvalue weighted by atomic mass is 16.3. The largest absolute Gasteiger partial charge is 0.454 e. The zero-order chi connectivity index (χ0) is 40.6. The summed E-state index contributed by atoms with van der Waals surface area (Å²) in [6, 6.07) is 14.7. The summed E-state index contributed by atoms with van der Waals surface area (Å²) in [5.74, 6) is -5.68. The normalized spacial score (nSPS) is 27.2. The molecular weight excluding hydrogens is 450 g/mol. The zero-order valence-electron chi connectivity index (χ0n) is 37.8. The molecule has 2 heteroatoms. The molecule has 5 aromatic rings. The second-order valence-electron chi connectivity index (χ2n) is 9.83. The summed E-state index contributed by atoms with van der Waals surface area (Å²) in [4.78, 5) is 0. The van der Waals surface area contributed by atoms with Gasteiger partial charge in [0.25, 0.3) is 0 Å². The minimum Gasteiger partial charge on any atom is -0.454 e. The molecule has 0 radical (unpaired) electrons. The monoisotopic (exact) mass is 505 g/mol. The maximum atomic E-state index is 9.42. The van der Waals surface area contributed by atoms with Gasteiger partial charge in [0.15, 0.2) is 6.20 Å². The van der Waals surface area contributed by atoms with Gasteiger partial charge in [0.1, 0.15) is 18.2 Å². The Hall–Kier alpha value is -3.39. The minimum atomic E-state index is -3.48. The third kappa shape index (κ3) is 3.14. The van der Waals surface area contributed by atoms with Crippen LogP contribution in [0.5, 0.6) is 0 Å². The average molecular weight is 506 g/mol. The molecule has 0 saturated heterocycles. The first-order valence-corrected chi connectivity index (χ1v) is 12.1. The van der Waals surface area contributed by atoms with Crippen molar-refractivity contribution >= 4 is 21.9 Å². The van der Waals surface area contributed by atoms with E-state index in [1.165, 1.54) is 18.5 Å². The van der Waals surface area contributed by atoms with Crippen LogP contribution < -0.4 is 4.57 Å². The summed E-state index contributed by atoms with van der Waals surface area (Å²) in [6.45, 7) is -12.6. The molecule has 0 aliphatic heterocycles. The first kappa shape index (κ1) is 11.6. The Balaban J connectivity index is 1.76. The molecule has 0 saturated carbocycles. The van der Waals surface area contributed by atoms with E-state index in [9.17, 15) is 1.37 Å². The zero-order valence-corrected chi connectivity index (χ0v) is 20.8. The SMILES string of the molecule is [2H]C([2H])([2H])CC1(C([2H])(C)C([2H])([2H])[2H])c2ccccc2-c2c1ccc1c2oc2c(-c3cc(C([2H])(C([2H])([2H])[2H])C([2H])([2H])[2H])c(C([2H])([2H])[2H])c[n+]3C)c(C)ccc21. The molecule has 0 fully saturated rings. The van der Waals surface area contributed by atoms with Gasteiger partial charge in [-0.05, 0) is 59.8 Å². The Labute approximate surface area is 244 Å². The maximum absolute atomic E-state index is 9.42. The third-order valence-corrected chi connectivity index (χ3v) is 7.84. The van der Waals surface area contributed by atoms with Crippen molar-refractivity contribution in [3.8, 4) is 22.4 Å². The lowest BCUT2D eigenvalue weighted by Crippen LogP contribution is -2.32. The van der Waals surface area contributed by atoms with Crippen LogP contribution in [0.1, 0.15) is 97.8 Å². The van der Waals surface area contributed by atoms with Crippen LogP contribution in [0.2, 0.25) is 0 Å². The van der Waals surface area contributed by atoms with Gasteiger partial charge < -0.3 is 4.42 Å². The van der Waals surface area contributed by atoms with E-state index in [0.29, 0.717) is 44.2 Å². The number of furan rings is 1. The Bertz CT molecular complexity index is 2310. The summed E-state index contributed by atoms with van der Waals surface area (Å²) < 4.78 is 150. The van der Waals surface area contributed by atoms with E-state index in [-0.39, 0.29) is 16.9 Å². The van der Waals surface area contributed by atoms with E-state index >= 15 is 0 Å². The molecule has 37 heavy (non-hydrogen) atoms. The molecule has 1 aliphatic carbocycles. The van der Waals surface area contributed by atoms with Crippen molar-refractivity contribution in [2.75, 3.05) is 0 Å². The van der Waals surface area contributed by atoms with Gasteiger partial charge in [-0.2, -0.15) is 0 Å². The van der Waals surface area contributed by atoms with Gasteiger partial charge in [-0.25, -0.2) is 4.57 Å². The van der Waals surface area contributed by atoms with Gasteiger partial charge in [-0.1, -0.05) is 82.9 Å². The molecule has 2 nitrogen and oxygen atoms in total. The molecule has 2 aromatic heterocycles. The van der Waals surface area contributed by atoms with Crippen LogP contribution in [0, 0.1) is 19.7 Å². The average Bonchev–Trinajstić information content (AvgIpc) is 3.52. The standard InChI is InChI=1S/C35H38NO/c1-9-35(21(4)5)28-13-11-10-12-26(28)32-29(35)17-16-25-24-15-14-22(6)31(33(24)37-34(25)32)30-18-27(20(2)3)23(7)19-36(30)8/h10-21H,9H2,1-8H3/q+1/i1D3,2D3,3D3,4D3,7D3,20D,21D. The van der Waals surface area contributed by atoms with Crippen molar-refractivity contribution in [2.24, 2.45) is 12.9 Å². The third-order valence-electron chi connectivity index (χ3n) is 7.84. The Morgan fingerprint density at radius 2 is 1.73 bits per heavy atom. The van der Waals surface area contributed by atoms with Crippen LogP contribution in [0.15, 0.2) is 65.2 Å². The van der Waals surface area contributed by atoms with Crippen molar-refractivity contribution in [3.63, 3.8) is 0 Å². The molecule has 1 aliphatic rings. The van der Waals surface area contributed by atoms with Crippen molar-refractivity contribution in [1.82, 2.24) is 0 Å². The summed E-state index contributed by atoms with van der Waals surface area (Å²) in [5, 5.41) is 1.08. The van der Waals surface area contributed by atoms with Gasteiger partial charge in [0.05, 0.1) is 5.56 Å². The fourth-order valence-corrected chi connectivity index (χ4v) is 5.99. The lowest BCUT2D eigenvalue weighted by molar-refractivity contribution is -0.660. The Morgan fingerprint density at radius 1 is 0.946 bits per heavy atom. The van der Waals surface area contributed by atoms with Crippen LogP contribution >= 0.6 is 0 Å². The fraction of sp³-hybridized carbons (Fsp3) is 0.343. The van der Waals surface area contributed by atoms with E-state index in [0.717, 1.165) is 12.3 Å². The van der Waals surface area contributed by atoms with E-state index in [2.05, 4.69) is 0 Å². The molecule has 0 spiro atoms. The van der Waals surface area contributed by atoms with Gasteiger partial charge in [0.2, 0.25) is 5.69 Å².